The largest absolute Gasteiger partial charge is 0.392 e. The predicted molar refractivity (Wildman–Crippen MR) is 83.4 cm³/mol. The summed E-state index contributed by atoms with van der Waals surface area (Å²) in [5, 5.41) is 9.32. The maximum atomic E-state index is 12.1. The van der Waals surface area contributed by atoms with Crippen LogP contribution in [0, 0.1) is 0 Å². The van der Waals surface area contributed by atoms with Crippen molar-refractivity contribution in [2.75, 3.05) is 0 Å². The number of aliphatic hydroxyl groups is 1. The van der Waals surface area contributed by atoms with Gasteiger partial charge in [0.1, 0.15) is 4.21 Å². The van der Waals surface area contributed by atoms with Gasteiger partial charge in [-0.05, 0) is 33.1 Å². The predicted octanol–water partition coefficient (Wildman–Crippen LogP) is 3.13. The Bertz CT molecular complexity index is 678. The molecule has 0 unspecified atom stereocenters. The molecular formula is C12H11BrClNO3S2. The van der Waals surface area contributed by atoms with Crippen molar-refractivity contribution in [1.82, 2.24) is 4.72 Å². The molecule has 0 aliphatic heterocycles. The lowest BCUT2D eigenvalue weighted by Gasteiger charge is -2.05. The molecule has 4 nitrogen and oxygen atoms in total. The van der Waals surface area contributed by atoms with Crippen LogP contribution in [0.4, 0.5) is 0 Å². The molecule has 0 amide bonds. The summed E-state index contributed by atoms with van der Waals surface area (Å²) in [5.41, 5.74) is 1.60. The summed E-state index contributed by atoms with van der Waals surface area (Å²) in [6.07, 6.45) is 0. The SMILES string of the molecule is O=S(=O)(NCc1ccc(CO)cc1)c1cc(Cl)c(Br)s1. The van der Waals surface area contributed by atoms with Gasteiger partial charge < -0.3 is 5.11 Å². The monoisotopic (exact) mass is 395 g/mol. The van der Waals surface area contributed by atoms with Crippen LogP contribution < -0.4 is 4.72 Å². The van der Waals surface area contributed by atoms with Gasteiger partial charge in [-0.1, -0.05) is 35.9 Å². The third-order valence-electron chi connectivity index (χ3n) is 2.56. The lowest BCUT2D eigenvalue weighted by molar-refractivity contribution is 0.282. The van der Waals surface area contributed by atoms with E-state index in [2.05, 4.69) is 20.7 Å². The van der Waals surface area contributed by atoms with Crippen LogP contribution >= 0.6 is 38.9 Å². The van der Waals surface area contributed by atoms with Crippen molar-refractivity contribution in [3.8, 4) is 0 Å². The van der Waals surface area contributed by atoms with Gasteiger partial charge in [-0.3, -0.25) is 0 Å². The minimum atomic E-state index is -3.57. The second-order valence-electron chi connectivity index (χ2n) is 3.99. The molecule has 2 rings (SSSR count). The summed E-state index contributed by atoms with van der Waals surface area (Å²) in [4.78, 5) is 0. The van der Waals surface area contributed by atoms with Crippen LogP contribution in [0.1, 0.15) is 11.1 Å². The minimum absolute atomic E-state index is 0.0340. The zero-order chi connectivity index (χ0) is 14.8. The highest BCUT2D eigenvalue weighted by atomic mass is 79.9. The molecule has 1 aromatic carbocycles. The van der Waals surface area contributed by atoms with E-state index in [9.17, 15) is 8.42 Å². The van der Waals surface area contributed by atoms with E-state index in [0.29, 0.717) is 8.81 Å². The van der Waals surface area contributed by atoms with Crippen molar-refractivity contribution >= 4 is 48.9 Å². The maximum absolute atomic E-state index is 12.1. The third kappa shape index (κ3) is 3.81. The van der Waals surface area contributed by atoms with Crippen LogP contribution in [-0.2, 0) is 23.2 Å². The van der Waals surface area contributed by atoms with E-state index in [1.165, 1.54) is 6.07 Å². The van der Waals surface area contributed by atoms with Gasteiger partial charge in [0.25, 0.3) is 0 Å². The van der Waals surface area contributed by atoms with Crippen molar-refractivity contribution in [2.24, 2.45) is 0 Å². The van der Waals surface area contributed by atoms with Gasteiger partial charge in [-0.25, -0.2) is 13.1 Å². The number of sulfonamides is 1. The van der Waals surface area contributed by atoms with Crippen LogP contribution in [0.25, 0.3) is 0 Å². The number of thiophene rings is 1. The Labute approximate surface area is 134 Å². The van der Waals surface area contributed by atoms with Gasteiger partial charge in [-0.15, -0.1) is 11.3 Å². The zero-order valence-corrected chi connectivity index (χ0v) is 14.1. The Morgan fingerprint density at radius 2 is 1.85 bits per heavy atom. The Morgan fingerprint density at radius 1 is 1.25 bits per heavy atom. The van der Waals surface area contributed by atoms with Gasteiger partial charge in [0.05, 0.1) is 15.4 Å². The first kappa shape index (κ1) is 15.9. The Balaban J connectivity index is 2.08. The Kier molecular flexibility index (Phi) is 5.22. The fourth-order valence-electron chi connectivity index (χ4n) is 1.47. The fraction of sp³-hybridized carbons (Fsp3) is 0.167. The van der Waals surface area contributed by atoms with Gasteiger partial charge in [0.15, 0.2) is 0 Å². The average Bonchev–Trinajstić information content (AvgIpc) is 2.78. The van der Waals surface area contributed by atoms with Gasteiger partial charge in [0, 0.05) is 6.54 Å². The van der Waals surface area contributed by atoms with E-state index in [4.69, 9.17) is 16.7 Å². The summed E-state index contributed by atoms with van der Waals surface area (Å²) in [6, 6.07) is 8.45. The Morgan fingerprint density at radius 3 is 2.35 bits per heavy atom. The highest BCUT2D eigenvalue weighted by Gasteiger charge is 2.18. The molecule has 0 atom stereocenters. The minimum Gasteiger partial charge on any atom is -0.392 e. The standard InChI is InChI=1S/C12H11BrClNO3S2/c13-12-10(14)5-11(19-12)20(17,18)15-6-8-1-3-9(7-16)4-2-8/h1-5,15-16H,6-7H2. The molecule has 2 N–H and O–H groups in total. The smallest absolute Gasteiger partial charge is 0.250 e. The number of aliphatic hydroxyl groups excluding tert-OH is 1. The fourth-order valence-corrected chi connectivity index (χ4v) is 4.93. The number of halogens is 2. The first-order valence-corrected chi connectivity index (χ1v) is 9.02. The number of hydrogen-bond donors (Lipinski definition) is 2. The molecule has 0 fully saturated rings. The molecule has 1 aromatic heterocycles. The summed E-state index contributed by atoms with van der Waals surface area (Å²) in [5.74, 6) is 0. The highest BCUT2D eigenvalue weighted by molar-refractivity contribution is 9.11. The van der Waals surface area contributed by atoms with Crippen molar-refractivity contribution < 1.29 is 13.5 Å². The molecule has 0 spiro atoms. The van der Waals surface area contributed by atoms with E-state index in [0.717, 1.165) is 22.5 Å². The highest BCUT2D eigenvalue weighted by Crippen LogP contribution is 2.34. The van der Waals surface area contributed by atoms with Crippen molar-refractivity contribution in [1.29, 1.82) is 0 Å². The van der Waals surface area contributed by atoms with E-state index in [-0.39, 0.29) is 17.4 Å². The van der Waals surface area contributed by atoms with Gasteiger partial charge in [-0.2, -0.15) is 0 Å². The van der Waals surface area contributed by atoms with E-state index in [1.54, 1.807) is 24.3 Å². The topological polar surface area (TPSA) is 66.4 Å². The molecule has 1 heterocycles. The van der Waals surface area contributed by atoms with E-state index < -0.39 is 10.0 Å². The molecule has 0 radical (unpaired) electrons. The lowest BCUT2D eigenvalue weighted by Crippen LogP contribution is -2.22. The third-order valence-corrected chi connectivity index (χ3v) is 6.91. The summed E-state index contributed by atoms with van der Waals surface area (Å²) < 4.78 is 27.4. The molecule has 2 aromatic rings. The van der Waals surface area contributed by atoms with Crippen molar-refractivity contribution in [3.05, 3.63) is 50.3 Å². The van der Waals surface area contributed by atoms with Crippen LogP contribution in [0.2, 0.25) is 5.02 Å². The van der Waals surface area contributed by atoms with Gasteiger partial charge >= 0.3 is 0 Å². The molecule has 0 aliphatic carbocycles. The number of nitrogens with one attached hydrogen (secondary N) is 1. The summed E-state index contributed by atoms with van der Waals surface area (Å²) >= 11 is 10.1. The lowest BCUT2D eigenvalue weighted by atomic mass is 10.1. The van der Waals surface area contributed by atoms with Crippen molar-refractivity contribution in [2.45, 2.75) is 17.4 Å². The second kappa shape index (κ2) is 6.55. The quantitative estimate of drug-likeness (QED) is 0.816. The maximum Gasteiger partial charge on any atom is 0.250 e. The second-order valence-corrected chi connectivity index (χ2v) is 8.76. The molecular weight excluding hydrogens is 386 g/mol. The molecule has 0 bridgehead atoms. The number of rotatable bonds is 5. The van der Waals surface area contributed by atoms with E-state index in [1.807, 2.05) is 0 Å². The first-order valence-electron chi connectivity index (χ1n) is 5.55. The summed E-state index contributed by atoms with van der Waals surface area (Å²) in [7, 11) is -3.57. The zero-order valence-electron chi connectivity index (χ0n) is 10.1. The van der Waals surface area contributed by atoms with Crippen LogP contribution in [0.3, 0.4) is 0 Å². The van der Waals surface area contributed by atoms with E-state index >= 15 is 0 Å². The molecule has 0 aliphatic rings. The number of benzene rings is 1. The number of hydrogen-bond acceptors (Lipinski definition) is 4. The molecule has 0 saturated heterocycles. The molecule has 8 heteroatoms. The van der Waals surface area contributed by atoms with Gasteiger partial charge in [0.2, 0.25) is 10.0 Å². The van der Waals surface area contributed by atoms with Crippen LogP contribution in [0.5, 0.6) is 0 Å². The first-order chi connectivity index (χ1) is 9.42. The van der Waals surface area contributed by atoms with Crippen LogP contribution in [0.15, 0.2) is 38.3 Å². The molecule has 108 valence electrons. The average molecular weight is 397 g/mol. The van der Waals surface area contributed by atoms with Crippen molar-refractivity contribution in [3.63, 3.8) is 0 Å². The molecule has 20 heavy (non-hydrogen) atoms. The summed E-state index contributed by atoms with van der Waals surface area (Å²) in [6.45, 7) is 0.148. The molecule has 0 saturated carbocycles. The Hall–Kier alpha value is -0.440. The normalized spacial score (nSPS) is 11.8. The van der Waals surface area contributed by atoms with Crippen LogP contribution in [-0.4, -0.2) is 13.5 Å².